The molecule has 1 aromatic heterocycles. The number of rotatable bonds is 8. The number of nitrogens with zero attached hydrogens (tertiary/aromatic N) is 2. The van der Waals surface area contributed by atoms with E-state index in [1.165, 1.54) is 11.3 Å². The maximum Gasteiger partial charge on any atom is 0.265 e. The van der Waals surface area contributed by atoms with Gasteiger partial charge in [-0.3, -0.25) is 9.59 Å². The Morgan fingerprint density at radius 1 is 1.40 bits per heavy atom. The summed E-state index contributed by atoms with van der Waals surface area (Å²) in [4.78, 5) is 29.0. The van der Waals surface area contributed by atoms with Crippen LogP contribution in [0.15, 0.2) is 0 Å². The average Bonchev–Trinajstić information content (AvgIpc) is 2.79. The molecular formula is C12H21N5O2S. The number of nitrogen functional groups attached to an aromatic ring is 1. The van der Waals surface area contributed by atoms with Crippen LogP contribution >= 0.6 is 11.3 Å². The summed E-state index contributed by atoms with van der Waals surface area (Å²) in [5.74, 6) is -0.301. The summed E-state index contributed by atoms with van der Waals surface area (Å²) in [5, 5.41) is 3.49. The van der Waals surface area contributed by atoms with E-state index in [0.29, 0.717) is 30.7 Å². The highest BCUT2D eigenvalue weighted by Gasteiger charge is 2.17. The first-order valence-corrected chi connectivity index (χ1v) is 7.31. The molecule has 0 atom stereocenters. The van der Waals surface area contributed by atoms with E-state index in [2.05, 4.69) is 10.3 Å². The normalized spacial score (nSPS) is 10.3. The Hall–Kier alpha value is -1.83. The highest BCUT2D eigenvalue weighted by Crippen LogP contribution is 2.27. The molecule has 0 fully saturated rings. The first-order chi connectivity index (χ1) is 9.45. The lowest BCUT2D eigenvalue weighted by atomic mass is 10.2. The van der Waals surface area contributed by atoms with E-state index < -0.39 is 0 Å². The number of anilines is 2. The number of carbonyl (C=O) groups is 2. The molecule has 0 radical (unpaired) electrons. The van der Waals surface area contributed by atoms with Crippen LogP contribution in [0.4, 0.5) is 10.9 Å². The molecule has 0 aromatic carbocycles. The van der Waals surface area contributed by atoms with Crippen LogP contribution < -0.4 is 21.7 Å². The molecule has 2 amide bonds. The molecule has 112 valence electrons. The lowest BCUT2D eigenvalue weighted by Crippen LogP contribution is -2.24. The Morgan fingerprint density at radius 2 is 2.10 bits per heavy atom. The van der Waals surface area contributed by atoms with Gasteiger partial charge >= 0.3 is 0 Å². The molecule has 0 unspecified atom stereocenters. The van der Waals surface area contributed by atoms with Gasteiger partial charge in [0.15, 0.2) is 5.13 Å². The molecule has 0 bridgehead atoms. The number of unbranched alkanes of at least 4 members (excludes halogenated alkanes) is 1. The van der Waals surface area contributed by atoms with Crippen LogP contribution in [0, 0.1) is 0 Å². The third-order valence-corrected chi connectivity index (χ3v) is 3.97. The van der Waals surface area contributed by atoms with Gasteiger partial charge in [0.1, 0.15) is 10.7 Å². The first-order valence-electron chi connectivity index (χ1n) is 6.49. The molecule has 1 heterocycles. The van der Waals surface area contributed by atoms with Gasteiger partial charge < -0.3 is 21.7 Å². The molecule has 7 nitrogen and oxygen atoms in total. The maximum absolute atomic E-state index is 12.0. The zero-order valence-corrected chi connectivity index (χ0v) is 12.6. The van der Waals surface area contributed by atoms with E-state index in [1.54, 1.807) is 0 Å². The predicted octanol–water partition coefficient (Wildman–Crippen LogP) is 0.567. The van der Waals surface area contributed by atoms with Gasteiger partial charge in [-0.25, -0.2) is 4.98 Å². The molecule has 1 rings (SSSR count). The zero-order chi connectivity index (χ0) is 15.1. The number of aromatic nitrogens is 1. The number of carbonyl (C=O) groups excluding carboxylic acids is 2. The van der Waals surface area contributed by atoms with E-state index in [-0.39, 0.29) is 17.6 Å². The monoisotopic (exact) mass is 299 g/mol. The number of nitrogens with two attached hydrogens (primary N) is 2. The van der Waals surface area contributed by atoms with Gasteiger partial charge in [0.25, 0.3) is 5.91 Å². The maximum atomic E-state index is 12.0. The summed E-state index contributed by atoms with van der Waals surface area (Å²) < 4.78 is 0. The Bertz CT molecular complexity index is 474. The molecule has 8 heteroatoms. The second-order valence-corrected chi connectivity index (χ2v) is 5.38. The SMILES string of the molecule is CCN(C)c1nc(N)c(C(=O)NCCCCC(N)=O)s1. The van der Waals surface area contributed by atoms with Crippen molar-refractivity contribution in [1.82, 2.24) is 10.3 Å². The van der Waals surface area contributed by atoms with Crippen molar-refractivity contribution in [2.75, 3.05) is 30.8 Å². The molecule has 1 aromatic rings. The molecular weight excluding hydrogens is 278 g/mol. The van der Waals surface area contributed by atoms with Gasteiger partial charge in [-0.1, -0.05) is 11.3 Å². The van der Waals surface area contributed by atoms with Crippen LogP contribution in [-0.4, -0.2) is 36.9 Å². The number of hydrogen-bond acceptors (Lipinski definition) is 6. The van der Waals surface area contributed by atoms with Gasteiger partial charge in [0.2, 0.25) is 5.91 Å². The fraction of sp³-hybridized carbons (Fsp3) is 0.583. The van der Waals surface area contributed by atoms with Gasteiger partial charge in [0, 0.05) is 26.6 Å². The minimum atomic E-state index is -0.324. The average molecular weight is 299 g/mol. The lowest BCUT2D eigenvalue weighted by molar-refractivity contribution is -0.118. The second-order valence-electron chi connectivity index (χ2n) is 4.40. The van der Waals surface area contributed by atoms with Crippen LogP contribution in [0.1, 0.15) is 35.9 Å². The minimum absolute atomic E-state index is 0.227. The second kappa shape index (κ2) is 7.68. The van der Waals surface area contributed by atoms with E-state index in [0.717, 1.165) is 11.7 Å². The van der Waals surface area contributed by atoms with Crippen molar-refractivity contribution in [2.24, 2.45) is 5.73 Å². The molecule has 0 saturated carbocycles. The molecule has 0 aliphatic carbocycles. The highest BCUT2D eigenvalue weighted by atomic mass is 32.1. The molecule has 0 spiro atoms. The fourth-order valence-electron chi connectivity index (χ4n) is 1.49. The fourth-order valence-corrected chi connectivity index (χ4v) is 2.41. The summed E-state index contributed by atoms with van der Waals surface area (Å²) in [6.07, 6.45) is 1.71. The van der Waals surface area contributed by atoms with Crippen LogP contribution in [0.2, 0.25) is 0 Å². The Morgan fingerprint density at radius 3 is 2.70 bits per heavy atom. The van der Waals surface area contributed by atoms with Crippen molar-refractivity contribution in [3.05, 3.63) is 4.88 Å². The van der Waals surface area contributed by atoms with E-state index in [9.17, 15) is 9.59 Å². The number of hydrogen-bond donors (Lipinski definition) is 3. The lowest BCUT2D eigenvalue weighted by Gasteiger charge is -2.10. The first kappa shape index (κ1) is 16.2. The third kappa shape index (κ3) is 4.69. The smallest absolute Gasteiger partial charge is 0.265 e. The van der Waals surface area contributed by atoms with Gasteiger partial charge in [-0.2, -0.15) is 0 Å². The number of amides is 2. The molecule has 0 aliphatic rings. The van der Waals surface area contributed by atoms with Gasteiger partial charge in [0.05, 0.1) is 0 Å². The zero-order valence-electron chi connectivity index (χ0n) is 11.8. The topological polar surface area (TPSA) is 114 Å². The molecule has 0 saturated heterocycles. The van der Waals surface area contributed by atoms with Crippen molar-refractivity contribution in [2.45, 2.75) is 26.2 Å². The van der Waals surface area contributed by atoms with E-state index in [1.807, 2.05) is 18.9 Å². The Balaban J connectivity index is 2.47. The summed E-state index contributed by atoms with van der Waals surface area (Å²) in [6.45, 7) is 3.28. The van der Waals surface area contributed by atoms with Crippen molar-refractivity contribution in [1.29, 1.82) is 0 Å². The van der Waals surface area contributed by atoms with Crippen molar-refractivity contribution in [3.8, 4) is 0 Å². The summed E-state index contributed by atoms with van der Waals surface area (Å²) in [6, 6.07) is 0. The number of thiazole rings is 1. The van der Waals surface area contributed by atoms with Crippen LogP contribution in [0.3, 0.4) is 0 Å². The molecule has 0 aliphatic heterocycles. The molecule has 20 heavy (non-hydrogen) atoms. The third-order valence-electron chi connectivity index (χ3n) is 2.78. The predicted molar refractivity (Wildman–Crippen MR) is 80.8 cm³/mol. The Kier molecular flexibility index (Phi) is 6.23. The number of primary amides is 1. The summed E-state index contributed by atoms with van der Waals surface area (Å²) in [5.41, 5.74) is 10.8. The van der Waals surface area contributed by atoms with Crippen molar-refractivity contribution in [3.63, 3.8) is 0 Å². The van der Waals surface area contributed by atoms with E-state index in [4.69, 9.17) is 11.5 Å². The quantitative estimate of drug-likeness (QED) is 0.607. The van der Waals surface area contributed by atoms with Gasteiger partial charge in [-0.15, -0.1) is 0 Å². The number of nitrogens with one attached hydrogen (secondary N) is 1. The van der Waals surface area contributed by atoms with Crippen molar-refractivity contribution < 1.29 is 9.59 Å². The molecule has 5 N–H and O–H groups in total. The minimum Gasteiger partial charge on any atom is -0.382 e. The summed E-state index contributed by atoms with van der Waals surface area (Å²) in [7, 11) is 1.89. The Labute approximate surface area is 122 Å². The standard InChI is InChI=1S/C12H21N5O2S/c1-3-17(2)12-16-10(14)9(20-12)11(19)15-7-5-4-6-8(13)18/h3-7,14H2,1-2H3,(H2,13,18)(H,15,19). The van der Waals surface area contributed by atoms with Crippen LogP contribution in [-0.2, 0) is 4.79 Å². The van der Waals surface area contributed by atoms with Gasteiger partial charge in [-0.05, 0) is 19.8 Å². The largest absolute Gasteiger partial charge is 0.382 e. The van der Waals surface area contributed by atoms with Crippen LogP contribution in [0.25, 0.3) is 0 Å². The van der Waals surface area contributed by atoms with Crippen LogP contribution in [0.5, 0.6) is 0 Å². The van der Waals surface area contributed by atoms with Crippen molar-refractivity contribution >= 4 is 34.1 Å². The highest BCUT2D eigenvalue weighted by molar-refractivity contribution is 7.18. The van der Waals surface area contributed by atoms with E-state index >= 15 is 0 Å². The summed E-state index contributed by atoms with van der Waals surface area (Å²) >= 11 is 1.27.